The van der Waals surface area contributed by atoms with Crippen molar-refractivity contribution in [2.45, 2.75) is 26.0 Å². The minimum atomic E-state index is -0.542. The van der Waals surface area contributed by atoms with Crippen molar-refractivity contribution in [3.63, 3.8) is 0 Å². The van der Waals surface area contributed by atoms with Gasteiger partial charge in [0.25, 0.3) is 0 Å². The molecule has 10 nitrogen and oxygen atoms in total. The predicted octanol–water partition coefficient (Wildman–Crippen LogP) is 1.82. The van der Waals surface area contributed by atoms with Crippen LogP contribution in [-0.4, -0.2) is 52.5 Å². The van der Waals surface area contributed by atoms with Crippen molar-refractivity contribution in [3.8, 4) is 11.4 Å². The number of benzene rings is 1. The summed E-state index contributed by atoms with van der Waals surface area (Å²) >= 11 is 0. The quantitative estimate of drug-likeness (QED) is 0.480. The van der Waals surface area contributed by atoms with Crippen molar-refractivity contribution < 1.29 is 23.8 Å². The second-order valence-corrected chi connectivity index (χ2v) is 6.82. The lowest BCUT2D eigenvalue weighted by molar-refractivity contribution is -0.144. The van der Waals surface area contributed by atoms with Gasteiger partial charge < -0.3 is 25.3 Å². The fraction of sp³-hybridized carbons (Fsp3) is 0.286. The van der Waals surface area contributed by atoms with Crippen LogP contribution in [-0.2, 0) is 19.1 Å². The molecular formula is C21H23N5O5. The maximum absolute atomic E-state index is 11.4. The molecule has 1 aromatic heterocycles. The number of rotatable bonds is 8. The van der Waals surface area contributed by atoms with Crippen LogP contribution in [0, 0.1) is 0 Å². The molecule has 0 spiro atoms. The van der Waals surface area contributed by atoms with E-state index in [9.17, 15) is 9.59 Å². The number of anilines is 2. The molecule has 31 heavy (non-hydrogen) atoms. The van der Waals surface area contributed by atoms with Gasteiger partial charge in [-0.1, -0.05) is 6.08 Å². The Balaban J connectivity index is 1.70. The molecular weight excluding hydrogens is 402 g/mol. The van der Waals surface area contributed by atoms with Gasteiger partial charge in [-0.25, -0.2) is 9.59 Å². The Kier molecular flexibility index (Phi) is 6.74. The fourth-order valence-corrected chi connectivity index (χ4v) is 2.75. The number of hydrogen-bond donors (Lipinski definition) is 2. The summed E-state index contributed by atoms with van der Waals surface area (Å²) in [6.45, 7) is 3.64. The molecule has 0 amide bonds. The molecule has 0 saturated heterocycles. The van der Waals surface area contributed by atoms with Crippen LogP contribution in [0.3, 0.4) is 0 Å². The van der Waals surface area contributed by atoms with Crippen molar-refractivity contribution >= 4 is 23.8 Å². The number of aromatic nitrogens is 3. The Morgan fingerprint density at radius 3 is 2.71 bits per heavy atom. The van der Waals surface area contributed by atoms with Gasteiger partial charge >= 0.3 is 5.97 Å². The van der Waals surface area contributed by atoms with E-state index in [4.69, 9.17) is 15.2 Å². The molecule has 3 rings (SSSR count). The Bertz CT molecular complexity index is 1050. The van der Waals surface area contributed by atoms with Gasteiger partial charge in [-0.2, -0.15) is 9.67 Å². The van der Waals surface area contributed by atoms with Crippen LogP contribution >= 0.6 is 0 Å². The van der Waals surface area contributed by atoms with Crippen molar-refractivity contribution in [3.05, 3.63) is 53.8 Å². The summed E-state index contributed by atoms with van der Waals surface area (Å²) in [6.07, 6.45) is 4.83. The van der Waals surface area contributed by atoms with Crippen LogP contribution in [0.1, 0.15) is 13.8 Å². The van der Waals surface area contributed by atoms with Crippen LogP contribution in [0.5, 0.6) is 5.75 Å². The first-order valence-electron chi connectivity index (χ1n) is 9.50. The average molecular weight is 425 g/mol. The molecule has 162 valence electrons. The number of nitrogens with two attached hydrogens (primary N) is 1. The number of hydrogen-bond acceptors (Lipinski definition) is 9. The Morgan fingerprint density at radius 2 is 2.06 bits per heavy atom. The molecule has 2 aromatic rings. The number of methoxy groups -OCH3 is 1. The molecule has 1 aliphatic rings. The van der Waals surface area contributed by atoms with Gasteiger partial charge in [-0.05, 0) is 50.3 Å². The fourth-order valence-electron chi connectivity index (χ4n) is 2.75. The molecule has 1 unspecified atom stereocenters. The van der Waals surface area contributed by atoms with Crippen molar-refractivity contribution in [2.24, 2.45) is 0 Å². The summed E-state index contributed by atoms with van der Waals surface area (Å²) in [4.78, 5) is 26.8. The van der Waals surface area contributed by atoms with E-state index in [1.807, 2.05) is 44.1 Å². The molecule has 0 fully saturated rings. The zero-order valence-corrected chi connectivity index (χ0v) is 17.4. The minimum Gasteiger partial charge on any atom is -0.491 e. The molecule has 1 heterocycles. The second kappa shape index (κ2) is 9.64. The van der Waals surface area contributed by atoms with Crippen molar-refractivity contribution in [2.75, 3.05) is 24.8 Å². The lowest BCUT2D eigenvalue weighted by Gasteiger charge is -2.17. The average Bonchev–Trinajstić information content (AvgIpc) is 3.12. The molecule has 1 aromatic carbocycles. The first-order valence-corrected chi connectivity index (χ1v) is 9.50. The summed E-state index contributed by atoms with van der Waals surface area (Å²) in [5.41, 5.74) is 6.97. The van der Waals surface area contributed by atoms with Gasteiger partial charge in [0.1, 0.15) is 17.5 Å². The van der Waals surface area contributed by atoms with E-state index in [1.165, 1.54) is 17.9 Å². The zero-order valence-electron chi connectivity index (χ0n) is 17.4. The van der Waals surface area contributed by atoms with Crippen LogP contribution < -0.4 is 15.8 Å². The normalized spacial score (nSPS) is 15.3. The van der Waals surface area contributed by atoms with Gasteiger partial charge in [0.15, 0.2) is 6.61 Å². The van der Waals surface area contributed by atoms with E-state index in [2.05, 4.69) is 20.1 Å². The van der Waals surface area contributed by atoms with E-state index in [-0.39, 0.29) is 30.2 Å². The predicted molar refractivity (Wildman–Crippen MR) is 113 cm³/mol. The first kappa shape index (κ1) is 21.7. The van der Waals surface area contributed by atoms with E-state index < -0.39 is 12.0 Å². The molecule has 10 heteroatoms. The Hall–Kier alpha value is -4.04. The largest absolute Gasteiger partial charge is 0.491 e. The second-order valence-electron chi connectivity index (χ2n) is 6.82. The molecule has 1 aliphatic carbocycles. The van der Waals surface area contributed by atoms with Crippen LogP contribution in [0.15, 0.2) is 53.8 Å². The highest BCUT2D eigenvalue weighted by Crippen LogP contribution is 2.22. The number of esters is 1. The highest BCUT2D eigenvalue weighted by atomic mass is 16.6. The molecule has 0 saturated carbocycles. The van der Waals surface area contributed by atoms with Gasteiger partial charge in [0.05, 0.1) is 30.5 Å². The minimum absolute atomic E-state index is 0.0714. The number of carbonyl (C=O) groups is 1. The van der Waals surface area contributed by atoms with Crippen molar-refractivity contribution in [1.82, 2.24) is 14.8 Å². The molecule has 0 bridgehead atoms. The maximum Gasteiger partial charge on any atom is 0.343 e. The third-order valence-corrected chi connectivity index (χ3v) is 4.16. The van der Waals surface area contributed by atoms with E-state index in [0.717, 1.165) is 5.75 Å². The molecule has 0 aliphatic heterocycles. The number of nitrogen functional groups attached to an aromatic ring is 1. The van der Waals surface area contributed by atoms with E-state index in [0.29, 0.717) is 11.4 Å². The monoisotopic (exact) mass is 425 g/mol. The Morgan fingerprint density at radius 1 is 1.32 bits per heavy atom. The van der Waals surface area contributed by atoms with E-state index >= 15 is 0 Å². The zero-order chi connectivity index (χ0) is 22.4. The van der Waals surface area contributed by atoms with E-state index in [1.54, 1.807) is 12.2 Å². The number of carbonyl (C=O) groups excluding carboxylic acids is 2. The van der Waals surface area contributed by atoms with Gasteiger partial charge in [-0.3, -0.25) is 0 Å². The maximum atomic E-state index is 11.4. The molecule has 1 atom stereocenters. The number of nitrogens with zero attached hydrogens (tertiary/aromatic N) is 3. The SMILES string of the molecule is COC(=O)COC1=CC(=C=O)C(Nc2nc(N)n(-c3ccc(OC(C)C)cc3)n2)C=C1. The summed E-state index contributed by atoms with van der Waals surface area (Å²) in [6, 6.07) is 6.73. The lowest BCUT2D eigenvalue weighted by Crippen LogP contribution is -2.23. The number of nitrogens with one attached hydrogen (secondary N) is 1. The Labute approximate surface area is 179 Å². The number of ether oxygens (including phenoxy) is 3. The summed E-state index contributed by atoms with van der Waals surface area (Å²) in [5, 5.41) is 7.38. The molecule has 0 radical (unpaired) electrons. The first-order chi connectivity index (χ1) is 14.9. The molecule has 3 N–H and O–H groups in total. The van der Waals surface area contributed by atoms with Crippen LogP contribution in [0.2, 0.25) is 0 Å². The van der Waals surface area contributed by atoms with Gasteiger partial charge in [0.2, 0.25) is 11.9 Å². The van der Waals surface area contributed by atoms with Gasteiger partial charge in [-0.15, -0.1) is 5.10 Å². The standard InChI is InChI=1S/C21H23N5O5/c1-13(2)31-16-6-4-15(5-7-16)26-20(22)24-21(25-26)23-18-9-8-17(10-14(18)11-27)30-12-19(28)29-3/h4-10,13,18H,12H2,1-3H3,(H3,22,23,24,25). The van der Waals surface area contributed by atoms with Crippen molar-refractivity contribution in [1.29, 1.82) is 0 Å². The van der Waals surface area contributed by atoms with Crippen LogP contribution in [0.25, 0.3) is 5.69 Å². The lowest BCUT2D eigenvalue weighted by atomic mass is 10.0. The smallest absolute Gasteiger partial charge is 0.343 e. The topological polar surface area (TPSA) is 131 Å². The summed E-state index contributed by atoms with van der Waals surface area (Å²) in [7, 11) is 1.26. The number of allylic oxidation sites excluding steroid dienone is 1. The van der Waals surface area contributed by atoms with Crippen LogP contribution in [0.4, 0.5) is 11.9 Å². The summed E-state index contributed by atoms with van der Waals surface area (Å²) in [5.74, 6) is 2.81. The highest BCUT2D eigenvalue weighted by molar-refractivity contribution is 5.71. The van der Waals surface area contributed by atoms with Gasteiger partial charge in [0, 0.05) is 0 Å². The summed E-state index contributed by atoms with van der Waals surface area (Å²) < 4.78 is 16.9. The third-order valence-electron chi connectivity index (χ3n) is 4.16. The highest BCUT2D eigenvalue weighted by Gasteiger charge is 2.19. The third kappa shape index (κ3) is 5.52.